The molecular weight excluding hydrogens is 260 g/mol. The zero-order valence-electron chi connectivity index (χ0n) is 13.2. The number of esters is 1. The molecule has 0 aliphatic rings. The summed E-state index contributed by atoms with van der Waals surface area (Å²) < 4.78 is 4.77. The number of hydrogen-bond acceptors (Lipinski definition) is 2. The van der Waals surface area contributed by atoms with Crippen LogP contribution in [0.15, 0.2) is 36.4 Å². The topological polar surface area (TPSA) is 26.3 Å². The van der Waals surface area contributed by atoms with Crippen LogP contribution in [0.1, 0.15) is 38.2 Å². The Kier molecular flexibility index (Phi) is 4.79. The van der Waals surface area contributed by atoms with Gasteiger partial charge >= 0.3 is 5.97 Å². The summed E-state index contributed by atoms with van der Waals surface area (Å²) in [6.07, 6.45) is 1.91. The normalized spacial score (nSPS) is 10.5. The molecule has 2 aromatic carbocycles. The summed E-state index contributed by atoms with van der Waals surface area (Å²) >= 11 is 0. The fraction of sp³-hybridized carbons (Fsp3) is 0.316. The molecule has 0 aliphatic heterocycles. The number of benzene rings is 2. The first-order valence-electron chi connectivity index (χ1n) is 7.25. The molecule has 0 spiro atoms. The maximum atomic E-state index is 11.6. The Morgan fingerprint density at radius 1 is 1.00 bits per heavy atom. The Labute approximate surface area is 126 Å². The van der Waals surface area contributed by atoms with Crippen LogP contribution < -0.4 is 0 Å². The highest BCUT2D eigenvalue weighted by molar-refractivity contribution is 5.89. The van der Waals surface area contributed by atoms with Crippen LogP contribution in [0.2, 0.25) is 0 Å². The predicted molar refractivity (Wildman–Crippen MR) is 85.8 cm³/mol. The van der Waals surface area contributed by atoms with Gasteiger partial charge in [0.1, 0.15) is 0 Å². The molecule has 2 heteroatoms. The summed E-state index contributed by atoms with van der Waals surface area (Å²) in [4.78, 5) is 11.6. The predicted octanol–water partition coefficient (Wildman–Crippen LogP) is 4.18. The molecule has 0 fully saturated rings. The Morgan fingerprint density at radius 3 is 2.29 bits per heavy atom. The van der Waals surface area contributed by atoms with Crippen LogP contribution in [0.3, 0.4) is 0 Å². The molecule has 0 atom stereocenters. The fourth-order valence-corrected chi connectivity index (χ4v) is 2.85. The number of carbonyl (C=O) groups excluding carboxylic acids is 1. The van der Waals surface area contributed by atoms with Crippen LogP contribution in [0, 0.1) is 20.8 Å². The Balaban J connectivity index is 2.15. The molecule has 0 aliphatic carbocycles. The minimum atomic E-state index is -0.278. The summed E-state index contributed by atoms with van der Waals surface area (Å²) in [5, 5.41) is 0. The maximum Gasteiger partial charge on any atom is 0.337 e. The maximum absolute atomic E-state index is 11.6. The molecule has 2 nitrogen and oxygen atoms in total. The van der Waals surface area contributed by atoms with E-state index in [1.807, 2.05) is 12.1 Å². The minimum absolute atomic E-state index is 0.278. The molecule has 0 N–H and O–H groups in total. The molecule has 2 aromatic rings. The molecule has 2 rings (SSSR count). The van der Waals surface area contributed by atoms with Crippen molar-refractivity contribution in [3.63, 3.8) is 0 Å². The second-order valence-electron chi connectivity index (χ2n) is 5.57. The van der Waals surface area contributed by atoms with E-state index in [4.69, 9.17) is 4.74 Å². The monoisotopic (exact) mass is 282 g/mol. The van der Waals surface area contributed by atoms with Crippen LogP contribution in [0.25, 0.3) is 0 Å². The van der Waals surface area contributed by atoms with Gasteiger partial charge in [0, 0.05) is 0 Å². The van der Waals surface area contributed by atoms with Gasteiger partial charge in [-0.1, -0.05) is 29.8 Å². The molecule has 0 saturated carbocycles. The van der Waals surface area contributed by atoms with E-state index in [1.165, 1.54) is 29.4 Å². The van der Waals surface area contributed by atoms with E-state index in [1.54, 1.807) is 6.07 Å². The van der Waals surface area contributed by atoms with Gasteiger partial charge in [0.25, 0.3) is 0 Å². The molecule has 0 unspecified atom stereocenters. The lowest BCUT2D eigenvalue weighted by molar-refractivity contribution is 0.0600. The van der Waals surface area contributed by atoms with Gasteiger partial charge in [0.2, 0.25) is 0 Å². The first-order chi connectivity index (χ1) is 10.0. The van der Waals surface area contributed by atoms with Gasteiger partial charge in [-0.25, -0.2) is 4.79 Å². The van der Waals surface area contributed by atoms with Crippen molar-refractivity contribution in [1.29, 1.82) is 0 Å². The van der Waals surface area contributed by atoms with Gasteiger partial charge in [0.15, 0.2) is 0 Å². The number of hydrogen-bond donors (Lipinski definition) is 0. The third-order valence-corrected chi connectivity index (χ3v) is 3.85. The zero-order valence-corrected chi connectivity index (χ0v) is 13.2. The summed E-state index contributed by atoms with van der Waals surface area (Å²) in [5.74, 6) is -0.278. The van der Waals surface area contributed by atoms with E-state index in [0.717, 1.165) is 18.4 Å². The second-order valence-corrected chi connectivity index (χ2v) is 5.57. The lowest BCUT2D eigenvalue weighted by Crippen LogP contribution is -2.03. The van der Waals surface area contributed by atoms with Gasteiger partial charge in [0.05, 0.1) is 12.7 Å². The summed E-state index contributed by atoms with van der Waals surface area (Å²) in [5.41, 5.74) is 7.18. The van der Waals surface area contributed by atoms with E-state index in [0.29, 0.717) is 5.56 Å². The van der Waals surface area contributed by atoms with Gasteiger partial charge in [-0.15, -0.1) is 0 Å². The molecule has 21 heavy (non-hydrogen) atoms. The average molecular weight is 282 g/mol. The van der Waals surface area contributed by atoms with Crippen LogP contribution in [-0.2, 0) is 17.6 Å². The van der Waals surface area contributed by atoms with Crippen LogP contribution in [-0.4, -0.2) is 13.1 Å². The lowest BCUT2D eigenvalue weighted by Gasteiger charge is -2.11. The number of methoxy groups -OCH3 is 1. The van der Waals surface area contributed by atoms with E-state index in [9.17, 15) is 4.79 Å². The number of ether oxygens (including phenoxy) is 1. The smallest absolute Gasteiger partial charge is 0.337 e. The Bertz CT molecular complexity index is 633. The molecule has 0 bridgehead atoms. The first-order valence-corrected chi connectivity index (χ1v) is 7.25. The number of rotatable bonds is 4. The number of carbonyl (C=O) groups is 1. The highest BCUT2D eigenvalue weighted by Gasteiger charge is 2.07. The van der Waals surface area contributed by atoms with Gasteiger partial charge < -0.3 is 4.74 Å². The van der Waals surface area contributed by atoms with Gasteiger partial charge in [-0.05, 0) is 68.0 Å². The van der Waals surface area contributed by atoms with Crippen molar-refractivity contribution >= 4 is 5.97 Å². The molecular formula is C19H22O2. The van der Waals surface area contributed by atoms with Gasteiger partial charge in [-0.2, -0.15) is 0 Å². The standard InChI is InChI=1S/C19H22O2/c1-13-10-14(2)18(15(3)11-13)9-8-16-6-5-7-17(12-16)19(20)21-4/h5-7,10-12H,8-9H2,1-4H3. The van der Waals surface area contributed by atoms with Crippen molar-refractivity contribution in [3.8, 4) is 0 Å². The largest absolute Gasteiger partial charge is 0.465 e. The molecule has 110 valence electrons. The SMILES string of the molecule is COC(=O)c1cccc(CCc2c(C)cc(C)cc2C)c1. The van der Waals surface area contributed by atoms with E-state index < -0.39 is 0 Å². The lowest BCUT2D eigenvalue weighted by atomic mass is 9.94. The van der Waals surface area contributed by atoms with Crippen LogP contribution in [0.4, 0.5) is 0 Å². The van der Waals surface area contributed by atoms with Crippen molar-refractivity contribution in [2.45, 2.75) is 33.6 Å². The quantitative estimate of drug-likeness (QED) is 0.786. The molecule has 0 aromatic heterocycles. The van der Waals surface area contributed by atoms with Crippen LogP contribution >= 0.6 is 0 Å². The molecule has 0 heterocycles. The number of aryl methyl sites for hydroxylation is 4. The zero-order chi connectivity index (χ0) is 15.4. The van der Waals surface area contributed by atoms with E-state index in [2.05, 4.69) is 39.0 Å². The fourth-order valence-electron chi connectivity index (χ4n) is 2.85. The molecule has 0 amide bonds. The van der Waals surface area contributed by atoms with Crippen molar-refractivity contribution in [1.82, 2.24) is 0 Å². The Morgan fingerprint density at radius 2 is 1.67 bits per heavy atom. The van der Waals surface area contributed by atoms with Crippen LogP contribution in [0.5, 0.6) is 0 Å². The van der Waals surface area contributed by atoms with Crippen molar-refractivity contribution in [2.75, 3.05) is 7.11 Å². The highest BCUT2D eigenvalue weighted by atomic mass is 16.5. The van der Waals surface area contributed by atoms with Crippen molar-refractivity contribution < 1.29 is 9.53 Å². The third-order valence-electron chi connectivity index (χ3n) is 3.85. The van der Waals surface area contributed by atoms with Crippen molar-refractivity contribution in [3.05, 3.63) is 69.8 Å². The minimum Gasteiger partial charge on any atom is -0.465 e. The summed E-state index contributed by atoms with van der Waals surface area (Å²) in [6, 6.07) is 12.1. The summed E-state index contributed by atoms with van der Waals surface area (Å²) in [7, 11) is 1.41. The second kappa shape index (κ2) is 6.57. The van der Waals surface area contributed by atoms with Gasteiger partial charge in [-0.3, -0.25) is 0 Å². The molecule has 0 saturated heterocycles. The van der Waals surface area contributed by atoms with E-state index >= 15 is 0 Å². The van der Waals surface area contributed by atoms with E-state index in [-0.39, 0.29) is 5.97 Å². The molecule has 0 radical (unpaired) electrons. The summed E-state index contributed by atoms with van der Waals surface area (Å²) in [6.45, 7) is 6.46. The third kappa shape index (κ3) is 3.72. The average Bonchev–Trinajstić information content (AvgIpc) is 2.45. The first kappa shape index (κ1) is 15.3. The Hall–Kier alpha value is -2.09. The van der Waals surface area contributed by atoms with Crippen molar-refractivity contribution in [2.24, 2.45) is 0 Å². The highest BCUT2D eigenvalue weighted by Crippen LogP contribution is 2.19.